The number of carbonyl (C=O) groups is 3. The van der Waals surface area contributed by atoms with Crippen LogP contribution in [0.5, 0.6) is 0 Å². The van der Waals surface area contributed by atoms with Crippen LogP contribution >= 0.6 is 0 Å². The van der Waals surface area contributed by atoms with E-state index in [-0.39, 0.29) is 13.0 Å². The maximum Gasteiger partial charge on any atom is 0.408 e. The third kappa shape index (κ3) is 8.97. The summed E-state index contributed by atoms with van der Waals surface area (Å²) in [6, 6.07) is -1.21. The Bertz CT molecular complexity index is 408. The predicted octanol–water partition coefficient (Wildman–Crippen LogP) is 0.970. The number of methoxy groups -OCH3 is 2. The molecule has 0 aromatic carbocycles. The number of halogens is 1. The van der Waals surface area contributed by atoms with Crippen molar-refractivity contribution in [2.24, 2.45) is 0 Å². The number of hydrogen-bond donors (Lipinski definition) is 1. The highest BCUT2D eigenvalue weighted by atomic mass is 18.2. The topological polar surface area (TPSA) is 100 Å². The van der Waals surface area contributed by atoms with Gasteiger partial charge in [0.2, 0.25) is 0 Å². The van der Waals surface area contributed by atoms with Gasteiger partial charge in [0, 0.05) is 6.42 Å². The van der Waals surface area contributed by atoms with Gasteiger partial charge in [0.1, 0.15) is 18.3 Å². The first kappa shape index (κ1) is 21.1. The summed E-state index contributed by atoms with van der Waals surface area (Å²) in [6.45, 7) is 3.81. The zero-order valence-corrected chi connectivity index (χ0v) is 14.0. The molecular weight excluding hydrogens is 312 g/mol. The third-order valence-corrected chi connectivity index (χ3v) is 2.49. The summed E-state index contributed by atoms with van der Waals surface area (Å²) in [5, 5.41) is 2.29. The van der Waals surface area contributed by atoms with Crippen LogP contribution in [0.15, 0.2) is 0 Å². The van der Waals surface area contributed by atoms with Gasteiger partial charge in [-0.05, 0) is 20.8 Å². The summed E-state index contributed by atoms with van der Waals surface area (Å²) in [5.41, 5.74) is -0.767. The summed E-state index contributed by atoms with van der Waals surface area (Å²) in [6.07, 6.45) is -2.37. The highest BCUT2D eigenvalue weighted by molar-refractivity contribution is 5.83. The average Bonchev–Trinajstić information content (AvgIpc) is 2.46. The molecule has 0 saturated heterocycles. The third-order valence-electron chi connectivity index (χ3n) is 2.49. The summed E-state index contributed by atoms with van der Waals surface area (Å²) in [7, 11) is 2.25. The lowest BCUT2D eigenvalue weighted by molar-refractivity contribution is -0.156. The van der Waals surface area contributed by atoms with Gasteiger partial charge < -0.3 is 24.3 Å². The van der Waals surface area contributed by atoms with Gasteiger partial charge in [0.05, 0.1) is 20.8 Å². The van der Waals surface area contributed by atoms with Gasteiger partial charge >= 0.3 is 18.0 Å². The Balaban J connectivity index is 4.96. The molecule has 9 heteroatoms. The van der Waals surface area contributed by atoms with Crippen molar-refractivity contribution < 1.29 is 37.7 Å². The first-order chi connectivity index (χ1) is 10.6. The fourth-order valence-electron chi connectivity index (χ4n) is 1.57. The SMILES string of the molecule is COC(=O)[C@H](C[C@H](OCC[18F])C(=O)OC)NC(=O)OC(C)(C)C. The minimum Gasteiger partial charge on any atom is -0.467 e. The van der Waals surface area contributed by atoms with Crippen molar-refractivity contribution in [1.29, 1.82) is 0 Å². The van der Waals surface area contributed by atoms with Crippen molar-refractivity contribution in [1.82, 2.24) is 5.32 Å². The number of ether oxygens (including phenoxy) is 4. The van der Waals surface area contributed by atoms with E-state index in [2.05, 4.69) is 14.8 Å². The molecule has 0 bridgehead atoms. The van der Waals surface area contributed by atoms with Crippen LogP contribution in [0.2, 0.25) is 0 Å². The van der Waals surface area contributed by atoms with E-state index in [9.17, 15) is 18.8 Å². The molecule has 0 rings (SSSR count). The van der Waals surface area contributed by atoms with Crippen molar-refractivity contribution >= 4 is 18.0 Å². The summed E-state index contributed by atoms with van der Waals surface area (Å²) >= 11 is 0. The Kier molecular flexibility index (Phi) is 9.16. The summed E-state index contributed by atoms with van der Waals surface area (Å²) < 4.78 is 31.4. The number of alkyl carbamates (subject to hydrolysis) is 1. The standard InChI is InChI=1S/C14H24FNO7/c1-14(2,3)23-13(19)16-9(11(17)20-4)8-10(12(18)21-5)22-7-6-15/h9-10H,6-8H2,1-5H3,(H,16,19)/t9-,10-/m0/s1/i15-1. The number of alkyl halides is 1. The van der Waals surface area contributed by atoms with E-state index in [0.717, 1.165) is 14.2 Å². The van der Waals surface area contributed by atoms with Crippen molar-refractivity contribution in [3.63, 3.8) is 0 Å². The molecule has 0 saturated carbocycles. The Morgan fingerprint density at radius 2 is 1.65 bits per heavy atom. The Labute approximate surface area is 134 Å². The molecule has 0 heterocycles. The molecule has 0 unspecified atom stereocenters. The van der Waals surface area contributed by atoms with E-state index in [1.807, 2.05) is 0 Å². The zero-order valence-electron chi connectivity index (χ0n) is 14.0. The van der Waals surface area contributed by atoms with Crippen LogP contribution < -0.4 is 5.32 Å². The smallest absolute Gasteiger partial charge is 0.408 e. The van der Waals surface area contributed by atoms with E-state index >= 15 is 0 Å². The van der Waals surface area contributed by atoms with Crippen LogP contribution in [0.25, 0.3) is 0 Å². The van der Waals surface area contributed by atoms with E-state index in [4.69, 9.17) is 9.47 Å². The summed E-state index contributed by atoms with van der Waals surface area (Å²) in [4.78, 5) is 35.1. The molecule has 2 atom stereocenters. The van der Waals surface area contributed by atoms with Crippen molar-refractivity contribution in [2.75, 3.05) is 27.5 Å². The van der Waals surface area contributed by atoms with Gasteiger partial charge in [-0.15, -0.1) is 0 Å². The zero-order chi connectivity index (χ0) is 18.0. The van der Waals surface area contributed by atoms with Crippen LogP contribution in [0, 0.1) is 0 Å². The van der Waals surface area contributed by atoms with Crippen LogP contribution in [0.4, 0.5) is 9.18 Å². The molecule has 8 nitrogen and oxygen atoms in total. The molecule has 0 aromatic rings. The molecule has 0 aliphatic rings. The van der Waals surface area contributed by atoms with Gasteiger partial charge in [-0.3, -0.25) is 0 Å². The highest BCUT2D eigenvalue weighted by Gasteiger charge is 2.31. The van der Waals surface area contributed by atoms with Crippen molar-refractivity contribution in [3.8, 4) is 0 Å². The number of esters is 2. The quantitative estimate of drug-likeness (QED) is 0.521. The summed E-state index contributed by atoms with van der Waals surface area (Å²) in [5.74, 6) is -1.59. The Morgan fingerprint density at radius 3 is 2.09 bits per heavy atom. The van der Waals surface area contributed by atoms with E-state index in [1.165, 1.54) is 0 Å². The number of rotatable bonds is 8. The molecule has 0 aromatic heterocycles. The molecule has 134 valence electrons. The lowest BCUT2D eigenvalue weighted by atomic mass is 10.1. The van der Waals surface area contributed by atoms with Crippen molar-refractivity contribution in [3.05, 3.63) is 0 Å². The van der Waals surface area contributed by atoms with Crippen LogP contribution in [0.3, 0.4) is 0 Å². The maximum atomic E-state index is 12.2. The van der Waals surface area contributed by atoms with Gasteiger partial charge in [0.25, 0.3) is 0 Å². The fourth-order valence-corrected chi connectivity index (χ4v) is 1.57. The minimum atomic E-state index is -1.23. The van der Waals surface area contributed by atoms with Gasteiger partial charge in [-0.2, -0.15) is 0 Å². The van der Waals surface area contributed by atoms with Gasteiger partial charge in [0.15, 0.2) is 6.10 Å². The molecule has 0 aliphatic heterocycles. The minimum absolute atomic E-state index is 0.279. The van der Waals surface area contributed by atoms with E-state index < -0.39 is 42.5 Å². The van der Waals surface area contributed by atoms with E-state index in [1.54, 1.807) is 20.8 Å². The van der Waals surface area contributed by atoms with Crippen molar-refractivity contribution in [2.45, 2.75) is 44.9 Å². The van der Waals surface area contributed by atoms with Crippen LogP contribution in [-0.2, 0) is 28.5 Å². The van der Waals surface area contributed by atoms with Crippen LogP contribution in [0.1, 0.15) is 27.2 Å². The molecule has 0 fully saturated rings. The fraction of sp³-hybridized carbons (Fsp3) is 0.786. The lowest BCUT2D eigenvalue weighted by Gasteiger charge is -2.24. The monoisotopic (exact) mass is 336 g/mol. The Hall–Kier alpha value is -1.90. The first-order valence-corrected chi connectivity index (χ1v) is 6.97. The maximum absolute atomic E-state index is 12.2. The molecule has 1 amide bonds. The second kappa shape index (κ2) is 9.98. The molecular formula is C14H24FNO7. The average molecular weight is 336 g/mol. The normalized spacial score (nSPS) is 13.7. The number of nitrogens with one attached hydrogen (secondary N) is 1. The highest BCUT2D eigenvalue weighted by Crippen LogP contribution is 2.10. The molecule has 1 N–H and O–H groups in total. The predicted molar refractivity (Wildman–Crippen MR) is 77.5 cm³/mol. The van der Waals surface area contributed by atoms with Gasteiger partial charge in [-0.1, -0.05) is 0 Å². The molecule has 0 radical (unpaired) electrons. The number of amides is 1. The molecule has 23 heavy (non-hydrogen) atoms. The number of carbonyl (C=O) groups excluding carboxylic acids is 3. The number of hydrogen-bond acceptors (Lipinski definition) is 7. The second-order valence-corrected chi connectivity index (χ2v) is 5.53. The lowest BCUT2D eigenvalue weighted by Crippen LogP contribution is -2.47. The second-order valence-electron chi connectivity index (χ2n) is 5.53. The van der Waals surface area contributed by atoms with E-state index in [0.29, 0.717) is 0 Å². The molecule has 0 spiro atoms. The Morgan fingerprint density at radius 1 is 1.09 bits per heavy atom. The molecule has 0 aliphatic carbocycles. The largest absolute Gasteiger partial charge is 0.467 e. The van der Waals surface area contributed by atoms with Gasteiger partial charge in [-0.25, -0.2) is 18.8 Å². The first-order valence-electron chi connectivity index (χ1n) is 6.97. The van der Waals surface area contributed by atoms with Crippen LogP contribution in [-0.4, -0.2) is 63.3 Å².